The normalized spacial score (nSPS) is 10.8. The van der Waals surface area contributed by atoms with Crippen molar-refractivity contribution in [1.82, 2.24) is 0 Å². The van der Waals surface area contributed by atoms with E-state index in [1.54, 1.807) is 20.8 Å². The molecule has 0 bridgehead atoms. The topological polar surface area (TPSA) is 69.7 Å². The van der Waals surface area contributed by atoms with Crippen LogP contribution in [0.25, 0.3) is 0 Å². The highest BCUT2D eigenvalue weighted by Crippen LogP contribution is 2.14. The second-order valence-corrected chi connectivity index (χ2v) is 4.49. The van der Waals surface area contributed by atoms with Gasteiger partial charge in [0.15, 0.2) is 0 Å². The molecule has 0 N–H and O–H groups in total. The lowest BCUT2D eigenvalue weighted by molar-refractivity contribution is -0.158. The van der Waals surface area contributed by atoms with Gasteiger partial charge < -0.3 is 9.47 Å². The monoisotopic (exact) mass is 230 g/mol. The van der Waals surface area contributed by atoms with Crippen LogP contribution in [0.4, 0.5) is 0 Å². The lowest BCUT2D eigenvalue weighted by atomic mass is 9.97. The van der Waals surface area contributed by atoms with E-state index in [9.17, 15) is 14.4 Å². The molecule has 5 nitrogen and oxygen atoms in total. The summed E-state index contributed by atoms with van der Waals surface area (Å²) in [5.41, 5.74) is -0.566. The molecule has 0 aromatic heterocycles. The van der Waals surface area contributed by atoms with Crippen molar-refractivity contribution in [3.63, 3.8) is 0 Å². The molecule has 0 spiro atoms. The van der Waals surface area contributed by atoms with Crippen molar-refractivity contribution >= 4 is 17.7 Å². The SMILES string of the molecule is CC(=O)CC(=O)OCCOC(=O)C(C)(C)C. The first-order valence-corrected chi connectivity index (χ1v) is 5.06. The van der Waals surface area contributed by atoms with Gasteiger partial charge in [-0.15, -0.1) is 0 Å². The Balaban J connectivity index is 3.65. The summed E-state index contributed by atoms with van der Waals surface area (Å²) in [4.78, 5) is 32.7. The van der Waals surface area contributed by atoms with E-state index in [2.05, 4.69) is 4.74 Å². The molecule has 0 amide bonds. The second-order valence-electron chi connectivity index (χ2n) is 4.49. The summed E-state index contributed by atoms with van der Waals surface area (Å²) in [6.45, 7) is 6.50. The van der Waals surface area contributed by atoms with Crippen LogP contribution in [-0.4, -0.2) is 30.9 Å². The van der Waals surface area contributed by atoms with E-state index in [-0.39, 0.29) is 31.4 Å². The van der Waals surface area contributed by atoms with Gasteiger partial charge in [0.2, 0.25) is 0 Å². The van der Waals surface area contributed by atoms with Gasteiger partial charge in [-0.3, -0.25) is 14.4 Å². The predicted molar refractivity (Wildman–Crippen MR) is 56.7 cm³/mol. The first kappa shape index (κ1) is 14.6. The Morgan fingerprint density at radius 3 is 1.94 bits per heavy atom. The Bertz CT molecular complexity index is 275. The average molecular weight is 230 g/mol. The molecule has 0 atom stereocenters. The fourth-order valence-electron chi connectivity index (χ4n) is 0.761. The number of ether oxygens (including phenoxy) is 2. The molecular formula is C11H18O5. The molecule has 0 saturated heterocycles. The zero-order valence-corrected chi connectivity index (χ0v) is 10.2. The number of carbonyl (C=O) groups excluding carboxylic acids is 3. The highest BCUT2D eigenvalue weighted by molar-refractivity contribution is 5.94. The predicted octanol–water partition coefficient (Wildman–Crippen LogP) is 1.10. The van der Waals surface area contributed by atoms with Gasteiger partial charge in [0, 0.05) is 0 Å². The van der Waals surface area contributed by atoms with Crippen LogP contribution in [0, 0.1) is 5.41 Å². The minimum Gasteiger partial charge on any atom is -0.462 e. The largest absolute Gasteiger partial charge is 0.462 e. The van der Waals surface area contributed by atoms with Crippen LogP contribution in [0.3, 0.4) is 0 Å². The molecule has 0 heterocycles. The maximum atomic E-state index is 11.3. The van der Waals surface area contributed by atoms with Gasteiger partial charge in [-0.2, -0.15) is 0 Å². The van der Waals surface area contributed by atoms with Crippen LogP contribution in [0.2, 0.25) is 0 Å². The molecule has 0 unspecified atom stereocenters. The average Bonchev–Trinajstić information content (AvgIpc) is 2.09. The van der Waals surface area contributed by atoms with Gasteiger partial charge in [0.1, 0.15) is 25.4 Å². The molecular weight excluding hydrogens is 212 g/mol. The van der Waals surface area contributed by atoms with Gasteiger partial charge in [-0.05, 0) is 27.7 Å². The molecule has 5 heteroatoms. The van der Waals surface area contributed by atoms with Crippen molar-refractivity contribution in [3.8, 4) is 0 Å². The van der Waals surface area contributed by atoms with Gasteiger partial charge in [-0.1, -0.05) is 0 Å². The Morgan fingerprint density at radius 1 is 1.00 bits per heavy atom. The smallest absolute Gasteiger partial charge is 0.313 e. The zero-order valence-electron chi connectivity index (χ0n) is 10.2. The highest BCUT2D eigenvalue weighted by Gasteiger charge is 2.22. The van der Waals surface area contributed by atoms with Crippen molar-refractivity contribution < 1.29 is 23.9 Å². The van der Waals surface area contributed by atoms with E-state index < -0.39 is 11.4 Å². The number of carbonyl (C=O) groups is 3. The molecule has 0 aliphatic heterocycles. The highest BCUT2D eigenvalue weighted by atomic mass is 16.6. The molecule has 0 aliphatic carbocycles. The fourth-order valence-corrected chi connectivity index (χ4v) is 0.761. The third-order valence-corrected chi connectivity index (χ3v) is 1.59. The number of rotatable bonds is 5. The maximum absolute atomic E-state index is 11.3. The fraction of sp³-hybridized carbons (Fsp3) is 0.727. The van der Waals surface area contributed by atoms with Gasteiger partial charge in [0.05, 0.1) is 5.41 Å². The van der Waals surface area contributed by atoms with Crippen LogP contribution < -0.4 is 0 Å². The zero-order chi connectivity index (χ0) is 12.8. The second kappa shape index (κ2) is 6.25. The molecule has 92 valence electrons. The Kier molecular flexibility index (Phi) is 5.71. The first-order valence-electron chi connectivity index (χ1n) is 5.06. The summed E-state index contributed by atoms with van der Waals surface area (Å²) < 4.78 is 9.54. The molecule has 0 aromatic carbocycles. The summed E-state index contributed by atoms with van der Waals surface area (Å²) in [6.07, 6.45) is -0.243. The van der Waals surface area contributed by atoms with Gasteiger partial charge in [0.25, 0.3) is 0 Å². The number of esters is 2. The standard InChI is InChI=1S/C11H18O5/c1-8(12)7-9(13)15-5-6-16-10(14)11(2,3)4/h5-7H2,1-4H3. The van der Waals surface area contributed by atoms with Gasteiger partial charge >= 0.3 is 11.9 Å². The Labute approximate surface area is 95.1 Å². The van der Waals surface area contributed by atoms with E-state index in [0.717, 1.165) is 0 Å². The molecule has 0 aliphatic rings. The van der Waals surface area contributed by atoms with Crippen LogP contribution in [0.5, 0.6) is 0 Å². The molecule has 16 heavy (non-hydrogen) atoms. The lowest BCUT2D eigenvalue weighted by Crippen LogP contribution is -2.25. The number of Topliss-reactive ketones (excluding diaryl/α,β-unsaturated/α-hetero) is 1. The van der Waals surface area contributed by atoms with Crippen molar-refractivity contribution in [2.24, 2.45) is 5.41 Å². The molecule has 0 rings (SSSR count). The molecule has 0 aromatic rings. The molecule has 0 radical (unpaired) electrons. The van der Waals surface area contributed by atoms with Gasteiger partial charge in [-0.25, -0.2) is 0 Å². The van der Waals surface area contributed by atoms with Crippen LogP contribution in [-0.2, 0) is 23.9 Å². The Morgan fingerprint density at radius 2 is 1.50 bits per heavy atom. The van der Waals surface area contributed by atoms with E-state index in [1.165, 1.54) is 6.92 Å². The summed E-state index contributed by atoms with van der Waals surface area (Å²) in [6, 6.07) is 0. The first-order chi connectivity index (χ1) is 7.23. The summed E-state index contributed by atoms with van der Waals surface area (Å²) in [5.74, 6) is -1.20. The quantitative estimate of drug-likeness (QED) is 0.402. The van der Waals surface area contributed by atoms with Crippen LogP contribution in [0.1, 0.15) is 34.1 Å². The number of hydrogen-bond donors (Lipinski definition) is 0. The van der Waals surface area contributed by atoms with Crippen molar-refractivity contribution in [2.45, 2.75) is 34.1 Å². The minimum absolute atomic E-state index is 0.0136. The van der Waals surface area contributed by atoms with Crippen molar-refractivity contribution in [1.29, 1.82) is 0 Å². The third-order valence-electron chi connectivity index (χ3n) is 1.59. The third kappa shape index (κ3) is 6.98. The van der Waals surface area contributed by atoms with Crippen LogP contribution in [0.15, 0.2) is 0 Å². The number of hydrogen-bond acceptors (Lipinski definition) is 5. The lowest BCUT2D eigenvalue weighted by Gasteiger charge is -2.16. The minimum atomic E-state index is -0.598. The van der Waals surface area contributed by atoms with Crippen molar-refractivity contribution in [2.75, 3.05) is 13.2 Å². The van der Waals surface area contributed by atoms with E-state index >= 15 is 0 Å². The molecule has 0 saturated carbocycles. The summed E-state index contributed by atoms with van der Waals surface area (Å²) in [7, 11) is 0. The maximum Gasteiger partial charge on any atom is 0.313 e. The Hall–Kier alpha value is -1.39. The van der Waals surface area contributed by atoms with E-state index in [1.807, 2.05) is 0 Å². The number of ketones is 1. The van der Waals surface area contributed by atoms with Crippen LogP contribution >= 0.6 is 0 Å². The summed E-state index contributed by atoms with van der Waals surface area (Å²) >= 11 is 0. The van der Waals surface area contributed by atoms with E-state index in [0.29, 0.717) is 0 Å². The molecule has 0 fully saturated rings. The van der Waals surface area contributed by atoms with Crippen molar-refractivity contribution in [3.05, 3.63) is 0 Å². The van der Waals surface area contributed by atoms with E-state index in [4.69, 9.17) is 4.74 Å². The summed E-state index contributed by atoms with van der Waals surface area (Å²) in [5, 5.41) is 0.